The van der Waals surface area contributed by atoms with Crippen molar-refractivity contribution in [3.05, 3.63) is 29.3 Å². The maximum absolute atomic E-state index is 12.7. The molecule has 0 spiro atoms. The minimum absolute atomic E-state index is 0. The van der Waals surface area contributed by atoms with E-state index >= 15 is 0 Å². The molecule has 0 bridgehead atoms. The summed E-state index contributed by atoms with van der Waals surface area (Å²) >= 11 is 5.88. The SMILES string of the molecule is Cl.NCC1CCCN1C(=O)C1CC(=O)N(c2ccc(Cl)cc2)C1. The average Bonchev–Trinajstić information content (AvgIpc) is 3.14. The summed E-state index contributed by atoms with van der Waals surface area (Å²) in [5.41, 5.74) is 6.53. The van der Waals surface area contributed by atoms with Crippen LogP contribution >= 0.6 is 24.0 Å². The van der Waals surface area contributed by atoms with Crippen LogP contribution in [0.5, 0.6) is 0 Å². The Balaban J connectivity index is 0.00000192. The van der Waals surface area contributed by atoms with Crippen LogP contribution in [0, 0.1) is 5.92 Å². The lowest BCUT2D eigenvalue weighted by atomic mass is 10.1. The van der Waals surface area contributed by atoms with E-state index in [1.807, 2.05) is 17.0 Å². The van der Waals surface area contributed by atoms with Crippen molar-refractivity contribution in [3.8, 4) is 0 Å². The van der Waals surface area contributed by atoms with Crippen molar-refractivity contribution >= 4 is 41.5 Å². The van der Waals surface area contributed by atoms with Gasteiger partial charge >= 0.3 is 0 Å². The third kappa shape index (κ3) is 3.62. The van der Waals surface area contributed by atoms with Crippen molar-refractivity contribution in [3.63, 3.8) is 0 Å². The normalized spacial score (nSPS) is 24.0. The molecule has 2 aliphatic rings. The number of likely N-dealkylation sites (tertiary alicyclic amines) is 1. The zero-order valence-corrected chi connectivity index (χ0v) is 14.4. The van der Waals surface area contributed by atoms with Crippen LogP contribution in [0.4, 0.5) is 5.69 Å². The van der Waals surface area contributed by atoms with Gasteiger partial charge in [0.05, 0.1) is 5.92 Å². The molecule has 0 saturated carbocycles. The van der Waals surface area contributed by atoms with Crippen LogP contribution in [0.1, 0.15) is 19.3 Å². The van der Waals surface area contributed by atoms with Crippen LogP contribution in [0.2, 0.25) is 5.02 Å². The van der Waals surface area contributed by atoms with Crippen LogP contribution in [-0.4, -0.2) is 42.4 Å². The van der Waals surface area contributed by atoms with Crippen LogP contribution in [0.15, 0.2) is 24.3 Å². The summed E-state index contributed by atoms with van der Waals surface area (Å²) in [6.45, 7) is 1.69. The predicted molar refractivity (Wildman–Crippen MR) is 92.9 cm³/mol. The number of nitrogens with zero attached hydrogens (tertiary/aromatic N) is 2. The number of carbonyl (C=O) groups excluding carboxylic acids is 2. The van der Waals surface area contributed by atoms with E-state index in [0.29, 0.717) is 18.1 Å². The summed E-state index contributed by atoms with van der Waals surface area (Å²) in [5.74, 6) is -0.211. The second kappa shape index (κ2) is 7.51. The number of anilines is 1. The minimum atomic E-state index is -0.268. The number of benzene rings is 1. The van der Waals surface area contributed by atoms with E-state index in [1.165, 1.54) is 0 Å². The summed E-state index contributed by atoms with van der Waals surface area (Å²) in [6, 6.07) is 7.26. The Morgan fingerprint density at radius 3 is 2.65 bits per heavy atom. The molecule has 0 aliphatic carbocycles. The molecule has 1 aromatic carbocycles. The first kappa shape index (κ1) is 18.0. The standard InChI is InChI=1S/C16H20ClN3O2.ClH/c17-12-3-5-13(6-4-12)20-10-11(8-15(20)21)16(22)19-7-1-2-14(19)9-18;/h3-6,11,14H,1-2,7-10,18H2;1H. The molecule has 2 amide bonds. The van der Waals surface area contributed by atoms with Crippen LogP contribution in [0.25, 0.3) is 0 Å². The Bertz CT molecular complexity index is 579. The maximum atomic E-state index is 12.7. The van der Waals surface area contributed by atoms with Crippen molar-refractivity contribution in [1.82, 2.24) is 4.90 Å². The maximum Gasteiger partial charge on any atom is 0.228 e. The molecule has 7 heteroatoms. The van der Waals surface area contributed by atoms with E-state index in [-0.39, 0.29) is 42.6 Å². The Kier molecular flexibility index (Phi) is 5.89. The zero-order chi connectivity index (χ0) is 15.7. The molecule has 2 fully saturated rings. The smallest absolute Gasteiger partial charge is 0.228 e. The number of rotatable bonds is 3. The number of amides is 2. The minimum Gasteiger partial charge on any atom is -0.338 e. The number of nitrogens with two attached hydrogens (primary N) is 1. The lowest BCUT2D eigenvalue weighted by Gasteiger charge is -2.26. The predicted octanol–water partition coefficient (Wildman–Crippen LogP) is 2.06. The summed E-state index contributed by atoms with van der Waals surface area (Å²) in [7, 11) is 0. The van der Waals surface area contributed by atoms with Gasteiger partial charge < -0.3 is 15.5 Å². The van der Waals surface area contributed by atoms with Crippen molar-refractivity contribution < 1.29 is 9.59 Å². The van der Waals surface area contributed by atoms with Crippen molar-refractivity contribution in [2.45, 2.75) is 25.3 Å². The third-order valence-electron chi connectivity index (χ3n) is 4.54. The van der Waals surface area contributed by atoms with E-state index in [0.717, 1.165) is 25.1 Å². The van der Waals surface area contributed by atoms with Crippen molar-refractivity contribution in [1.29, 1.82) is 0 Å². The van der Waals surface area contributed by atoms with Crippen LogP contribution in [0.3, 0.4) is 0 Å². The molecular weight excluding hydrogens is 337 g/mol. The van der Waals surface area contributed by atoms with Crippen LogP contribution in [-0.2, 0) is 9.59 Å². The number of carbonyl (C=O) groups is 2. The molecule has 2 unspecified atom stereocenters. The summed E-state index contributed by atoms with van der Waals surface area (Å²) in [4.78, 5) is 28.4. The van der Waals surface area contributed by atoms with E-state index in [1.54, 1.807) is 17.0 Å². The third-order valence-corrected chi connectivity index (χ3v) is 4.80. The fourth-order valence-corrected chi connectivity index (χ4v) is 3.47. The first-order valence-electron chi connectivity index (χ1n) is 7.66. The van der Waals surface area contributed by atoms with E-state index < -0.39 is 0 Å². The highest BCUT2D eigenvalue weighted by molar-refractivity contribution is 6.30. The van der Waals surface area contributed by atoms with Gasteiger partial charge in [0.25, 0.3) is 0 Å². The molecule has 2 aliphatic heterocycles. The molecule has 1 aromatic rings. The second-order valence-corrected chi connectivity index (χ2v) is 6.38. The number of halogens is 2. The molecule has 2 atom stereocenters. The molecule has 2 N–H and O–H groups in total. The average molecular weight is 358 g/mol. The highest BCUT2D eigenvalue weighted by Crippen LogP contribution is 2.29. The summed E-state index contributed by atoms with van der Waals surface area (Å²) in [5, 5.41) is 0.630. The molecule has 126 valence electrons. The topological polar surface area (TPSA) is 66.6 Å². The Morgan fingerprint density at radius 1 is 1.30 bits per heavy atom. The molecule has 0 aromatic heterocycles. The lowest BCUT2D eigenvalue weighted by molar-refractivity contribution is -0.136. The zero-order valence-electron chi connectivity index (χ0n) is 12.8. The Labute approximate surface area is 147 Å². The van der Waals surface area contributed by atoms with Gasteiger partial charge in [0.1, 0.15) is 0 Å². The van der Waals surface area contributed by atoms with E-state index in [2.05, 4.69) is 0 Å². The highest BCUT2D eigenvalue weighted by atomic mass is 35.5. The number of hydrogen-bond donors (Lipinski definition) is 1. The molecule has 5 nitrogen and oxygen atoms in total. The fourth-order valence-electron chi connectivity index (χ4n) is 3.35. The second-order valence-electron chi connectivity index (χ2n) is 5.95. The van der Waals surface area contributed by atoms with Crippen molar-refractivity contribution in [2.75, 3.05) is 24.5 Å². The quantitative estimate of drug-likeness (QED) is 0.900. The summed E-state index contributed by atoms with van der Waals surface area (Å²) < 4.78 is 0. The van der Waals surface area contributed by atoms with E-state index in [4.69, 9.17) is 17.3 Å². The number of hydrogen-bond acceptors (Lipinski definition) is 3. The van der Waals surface area contributed by atoms with Gasteiger partial charge in [-0.25, -0.2) is 0 Å². The first-order valence-corrected chi connectivity index (χ1v) is 8.04. The van der Waals surface area contributed by atoms with Crippen molar-refractivity contribution in [2.24, 2.45) is 11.7 Å². The molecular formula is C16H21Cl2N3O2. The molecule has 0 radical (unpaired) electrons. The van der Waals surface area contributed by atoms with Gasteiger partial charge in [-0.3, -0.25) is 9.59 Å². The monoisotopic (exact) mass is 357 g/mol. The Morgan fingerprint density at radius 2 is 2.00 bits per heavy atom. The van der Waals surface area contributed by atoms with Gasteiger partial charge in [-0.15, -0.1) is 12.4 Å². The van der Waals surface area contributed by atoms with Gasteiger partial charge in [-0.1, -0.05) is 11.6 Å². The largest absolute Gasteiger partial charge is 0.338 e. The molecule has 2 heterocycles. The van der Waals surface area contributed by atoms with Gasteiger partial charge in [0, 0.05) is 42.8 Å². The molecule has 23 heavy (non-hydrogen) atoms. The molecule has 3 rings (SSSR count). The first-order chi connectivity index (χ1) is 10.6. The van der Waals surface area contributed by atoms with Gasteiger partial charge in [0.2, 0.25) is 11.8 Å². The van der Waals surface area contributed by atoms with Crippen LogP contribution < -0.4 is 10.6 Å². The van der Waals surface area contributed by atoms with Gasteiger partial charge in [0.15, 0.2) is 0 Å². The van der Waals surface area contributed by atoms with Gasteiger partial charge in [-0.05, 0) is 37.1 Å². The fraction of sp³-hybridized carbons (Fsp3) is 0.500. The van der Waals surface area contributed by atoms with Gasteiger partial charge in [-0.2, -0.15) is 0 Å². The lowest BCUT2D eigenvalue weighted by Crippen LogP contribution is -2.43. The van der Waals surface area contributed by atoms with E-state index in [9.17, 15) is 9.59 Å². The Hall–Kier alpha value is -1.30. The highest BCUT2D eigenvalue weighted by Gasteiger charge is 2.39. The summed E-state index contributed by atoms with van der Waals surface area (Å²) in [6.07, 6.45) is 2.23. The molecule has 2 saturated heterocycles.